The number of carbonyl (C=O) groups is 1. The molecule has 21 heavy (non-hydrogen) atoms. The highest BCUT2D eigenvalue weighted by Crippen LogP contribution is 2.22. The van der Waals surface area contributed by atoms with Crippen LogP contribution in [-0.2, 0) is 4.74 Å². The van der Waals surface area contributed by atoms with Gasteiger partial charge in [-0.3, -0.25) is 4.90 Å². The van der Waals surface area contributed by atoms with Crippen molar-refractivity contribution < 1.29 is 9.53 Å². The molecule has 4 heteroatoms. The van der Waals surface area contributed by atoms with Crippen LogP contribution in [0, 0.1) is 0 Å². The topological polar surface area (TPSA) is 41.6 Å². The van der Waals surface area contributed by atoms with Crippen molar-refractivity contribution in [1.29, 1.82) is 0 Å². The van der Waals surface area contributed by atoms with Crippen LogP contribution in [0.2, 0.25) is 0 Å². The largest absolute Gasteiger partial charge is 0.447 e. The molecule has 1 heterocycles. The fourth-order valence-corrected chi connectivity index (χ4v) is 2.55. The third-order valence-corrected chi connectivity index (χ3v) is 3.78. The average Bonchev–Trinajstić information content (AvgIpc) is 2.93. The summed E-state index contributed by atoms with van der Waals surface area (Å²) in [5.41, 5.74) is 1.98. The lowest BCUT2D eigenvalue weighted by Crippen LogP contribution is -2.23. The van der Waals surface area contributed by atoms with Crippen molar-refractivity contribution in [2.24, 2.45) is 0 Å². The number of ether oxygens (including phenoxy) is 1. The number of nitrogens with zero attached hydrogens (tertiary/aromatic N) is 1. The van der Waals surface area contributed by atoms with Gasteiger partial charge in [-0.2, -0.15) is 0 Å². The van der Waals surface area contributed by atoms with E-state index in [-0.39, 0.29) is 6.09 Å². The molecule has 0 radical (unpaired) electrons. The Balaban J connectivity index is 1.72. The Labute approximate surface area is 127 Å². The maximum Gasteiger partial charge on any atom is 0.414 e. The summed E-state index contributed by atoms with van der Waals surface area (Å²) in [6.07, 6.45) is 7.55. The molecule has 116 valence electrons. The van der Waals surface area contributed by atoms with Crippen LogP contribution >= 0.6 is 0 Å². The van der Waals surface area contributed by atoms with Gasteiger partial charge < -0.3 is 10.1 Å². The van der Waals surface area contributed by atoms with Crippen molar-refractivity contribution >= 4 is 17.5 Å². The van der Waals surface area contributed by atoms with E-state index in [2.05, 4.69) is 12.2 Å². The predicted molar refractivity (Wildman–Crippen MR) is 87.0 cm³/mol. The van der Waals surface area contributed by atoms with E-state index in [1.165, 1.54) is 38.5 Å². The molecule has 0 aliphatic carbocycles. The van der Waals surface area contributed by atoms with E-state index >= 15 is 0 Å². The van der Waals surface area contributed by atoms with Gasteiger partial charge in [0.2, 0.25) is 0 Å². The minimum atomic E-state index is -0.247. The van der Waals surface area contributed by atoms with Gasteiger partial charge in [-0.1, -0.05) is 45.1 Å². The SMILES string of the molecule is CCCCCCCCNc1cccc(N2CCOC2=O)c1. The van der Waals surface area contributed by atoms with Gasteiger partial charge in [0.15, 0.2) is 0 Å². The summed E-state index contributed by atoms with van der Waals surface area (Å²) in [7, 11) is 0. The normalized spacial score (nSPS) is 14.3. The first-order chi connectivity index (χ1) is 10.3. The highest BCUT2D eigenvalue weighted by atomic mass is 16.6. The van der Waals surface area contributed by atoms with Gasteiger partial charge in [-0.25, -0.2) is 4.79 Å². The van der Waals surface area contributed by atoms with Crippen LogP contribution in [0.25, 0.3) is 0 Å². The first kappa shape index (κ1) is 15.7. The maximum absolute atomic E-state index is 11.6. The summed E-state index contributed by atoms with van der Waals surface area (Å²) >= 11 is 0. The van der Waals surface area contributed by atoms with Gasteiger partial charge in [-0.05, 0) is 24.6 Å². The Morgan fingerprint density at radius 3 is 2.76 bits per heavy atom. The van der Waals surface area contributed by atoms with Crippen LogP contribution < -0.4 is 10.2 Å². The van der Waals surface area contributed by atoms with E-state index in [4.69, 9.17) is 4.74 Å². The highest BCUT2D eigenvalue weighted by Gasteiger charge is 2.23. The lowest BCUT2D eigenvalue weighted by molar-refractivity contribution is 0.181. The quantitative estimate of drug-likeness (QED) is 0.685. The van der Waals surface area contributed by atoms with Crippen molar-refractivity contribution in [2.75, 3.05) is 29.9 Å². The van der Waals surface area contributed by atoms with Crippen LogP contribution in [0.3, 0.4) is 0 Å². The van der Waals surface area contributed by atoms with E-state index in [9.17, 15) is 4.79 Å². The zero-order chi connectivity index (χ0) is 14.9. The van der Waals surface area contributed by atoms with Gasteiger partial charge in [0.1, 0.15) is 6.61 Å². The molecule has 1 aliphatic heterocycles. The molecule has 1 saturated heterocycles. The van der Waals surface area contributed by atoms with Crippen molar-refractivity contribution in [3.05, 3.63) is 24.3 Å². The number of anilines is 2. The van der Waals surface area contributed by atoms with Crippen LogP contribution in [0.5, 0.6) is 0 Å². The number of amides is 1. The summed E-state index contributed by atoms with van der Waals surface area (Å²) < 4.78 is 4.97. The van der Waals surface area contributed by atoms with Crippen LogP contribution in [0.1, 0.15) is 45.4 Å². The molecular formula is C17H26N2O2. The van der Waals surface area contributed by atoms with Gasteiger partial charge in [0, 0.05) is 17.9 Å². The number of nitrogens with one attached hydrogen (secondary N) is 1. The molecule has 0 saturated carbocycles. The van der Waals surface area contributed by atoms with E-state index in [1.54, 1.807) is 4.90 Å². The number of carbonyl (C=O) groups excluding carboxylic acids is 1. The molecule has 1 aliphatic rings. The predicted octanol–water partition coefficient (Wildman–Crippen LogP) is 4.42. The zero-order valence-corrected chi connectivity index (χ0v) is 12.9. The smallest absolute Gasteiger partial charge is 0.414 e. The molecule has 1 amide bonds. The Morgan fingerprint density at radius 1 is 1.19 bits per heavy atom. The number of hydrogen-bond donors (Lipinski definition) is 1. The van der Waals surface area contributed by atoms with Crippen molar-refractivity contribution in [3.63, 3.8) is 0 Å². The van der Waals surface area contributed by atoms with Crippen molar-refractivity contribution in [3.8, 4) is 0 Å². The van der Waals surface area contributed by atoms with Gasteiger partial charge >= 0.3 is 6.09 Å². The third kappa shape index (κ3) is 4.96. The van der Waals surface area contributed by atoms with Gasteiger partial charge in [0.25, 0.3) is 0 Å². The second-order valence-corrected chi connectivity index (χ2v) is 5.51. The molecule has 4 nitrogen and oxygen atoms in total. The number of cyclic esters (lactones) is 1. The summed E-state index contributed by atoms with van der Waals surface area (Å²) in [5, 5.41) is 3.44. The molecule has 1 aromatic carbocycles. The molecule has 2 rings (SSSR count). The molecule has 1 N–H and O–H groups in total. The van der Waals surface area contributed by atoms with Crippen molar-refractivity contribution in [2.45, 2.75) is 45.4 Å². The summed E-state index contributed by atoms with van der Waals surface area (Å²) in [4.78, 5) is 13.2. The summed E-state index contributed by atoms with van der Waals surface area (Å²) in [6.45, 7) is 4.35. The third-order valence-electron chi connectivity index (χ3n) is 3.78. The molecule has 0 atom stereocenters. The fourth-order valence-electron chi connectivity index (χ4n) is 2.55. The first-order valence-electron chi connectivity index (χ1n) is 8.09. The van der Waals surface area contributed by atoms with E-state index in [0.29, 0.717) is 13.2 Å². The molecule has 1 fully saturated rings. The summed E-state index contributed by atoms with van der Waals surface area (Å²) in [5.74, 6) is 0. The summed E-state index contributed by atoms with van der Waals surface area (Å²) in [6, 6.07) is 7.98. The Kier molecular flexibility index (Phi) is 6.38. The number of benzene rings is 1. The van der Waals surface area contributed by atoms with Gasteiger partial charge in [-0.15, -0.1) is 0 Å². The molecule has 1 aromatic rings. The Hall–Kier alpha value is -1.71. The minimum Gasteiger partial charge on any atom is -0.447 e. The molecule has 0 unspecified atom stereocenters. The molecule has 0 spiro atoms. The maximum atomic E-state index is 11.6. The van der Waals surface area contributed by atoms with E-state index in [1.807, 2.05) is 24.3 Å². The van der Waals surface area contributed by atoms with Gasteiger partial charge in [0.05, 0.1) is 6.54 Å². The minimum absolute atomic E-state index is 0.247. The molecular weight excluding hydrogens is 264 g/mol. The van der Waals surface area contributed by atoms with Crippen molar-refractivity contribution in [1.82, 2.24) is 0 Å². The second-order valence-electron chi connectivity index (χ2n) is 5.51. The number of rotatable bonds is 9. The first-order valence-corrected chi connectivity index (χ1v) is 8.09. The standard InChI is InChI=1S/C17H26N2O2/c1-2-3-4-5-6-7-11-18-15-9-8-10-16(14-15)19-12-13-21-17(19)20/h8-10,14,18H,2-7,11-13H2,1H3. The Morgan fingerprint density at radius 2 is 2.00 bits per heavy atom. The van der Waals surface area contributed by atoms with Crippen LogP contribution in [-0.4, -0.2) is 25.8 Å². The van der Waals surface area contributed by atoms with Crippen LogP contribution in [0.4, 0.5) is 16.2 Å². The second kappa shape index (κ2) is 8.55. The van der Waals surface area contributed by atoms with E-state index in [0.717, 1.165) is 17.9 Å². The monoisotopic (exact) mass is 290 g/mol. The van der Waals surface area contributed by atoms with Crippen LogP contribution in [0.15, 0.2) is 24.3 Å². The number of unbranched alkanes of at least 4 members (excludes halogenated alkanes) is 5. The lowest BCUT2D eigenvalue weighted by atomic mass is 10.1. The lowest BCUT2D eigenvalue weighted by Gasteiger charge is -2.14. The molecule has 0 bridgehead atoms. The fraction of sp³-hybridized carbons (Fsp3) is 0.588. The Bertz CT molecular complexity index is 448. The zero-order valence-electron chi connectivity index (χ0n) is 12.9. The molecule has 0 aromatic heterocycles. The highest BCUT2D eigenvalue weighted by molar-refractivity contribution is 5.89. The number of hydrogen-bond acceptors (Lipinski definition) is 3. The average molecular weight is 290 g/mol. The van der Waals surface area contributed by atoms with E-state index < -0.39 is 0 Å².